The molecule has 1 amide bonds. The molecule has 2 atom stereocenters. The van der Waals surface area contributed by atoms with Gasteiger partial charge in [0.1, 0.15) is 11.4 Å². The third-order valence-corrected chi connectivity index (χ3v) is 6.48. The zero-order valence-corrected chi connectivity index (χ0v) is 20.6. The highest BCUT2D eigenvalue weighted by Crippen LogP contribution is 2.33. The van der Waals surface area contributed by atoms with Gasteiger partial charge in [0.05, 0.1) is 5.92 Å². The minimum atomic E-state index is -0.843. The molecule has 3 rings (SSSR count). The molecule has 0 radical (unpaired) electrons. The lowest BCUT2D eigenvalue weighted by Crippen LogP contribution is -2.43. The van der Waals surface area contributed by atoms with Crippen molar-refractivity contribution in [1.82, 2.24) is 9.13 Å². The second-order valence-corrected chi connectivity index (χ2v) is 8.86. The molecule has 2 unspecified atom stereocenters. The van der Waals surface area contributed by atoms with Crippen molar-refractivity contribution < 1.29 is 19.1 Å². The van der Waals surface area contributed by atoms with Crippen molar-refractivity contribution in [3.63, 3.8) is 0 Å². The van der Waals surface area contributed by atoms with Crippen LogP contribution in [0.25, 0.3) is 0 Å². The lowest BCUT2D eigenvalue weighted by atomic mass is 9.96. The fourth-order valence-corrected chi connectivity index (χ4v) is 4.28. The van der Waals surface area contributed by atoms with Crippen LogP contribution in [0.4, 0.5) is 11.5 Å². The molecule has 35 heavy (non-hydrogen) atoms. The van der Waals surface area contributed by atoms with E-state index in [-0.39, 0.29) is 42.7 Å². The normalized spacial score (nSPS) is 16.4. The maximum atomic E-state index is 12.8. The molecule has 1 aromatic carbocycles. The summed E-state index contributed by atoms with van der Waals surface area (Å²) in [6, 6.07) is 7.61. The number of benzene rings is 1. The number of hydrogen-bond acceptors (Lipinski definition) is 7. The highest BCUT2D eigenvalue weighted by atomic mass is 16.5. The van der Waals surface area contributed by atoms with Crippen molar-refractivity contribution >= 4 is 29.2 Å². The SMILES string of the molecule is CCCn1c(N)c(C(=O)COC(=O)C2CC(=O)N(c3ccccc3C(C)CC)C2)c(=O)n(C)c1=O. The van der Waals surface area contributed by atoms with Crippen molar-refractivity contribution in [1.29, 1.82) is 0 Å². The Kier molecular flexibility index (Phi) is 7.93. The second kappa shape index (κ2) is 10.7. The molecule has 0 spiro atoms. The summed E-state index contributed by atoms with van der Waals surface area (Å²) in [6.07, 6.45) is 1.44. The standard InChI is InChI=1S/C25H32N4O6/c1-5-11-28-22(26)21(23(32)27(4)25(28)34)19(30)14-35-24(33)16-12-20(31)29(13-16)18-10-8-7-9-17(18)15(3)6-2/h7-10,15-16H,5-6,11-14,26H2,1-4H3. The Morgan fingerprint density at radius 3 is 2.51 bits per heavy atom. The third-order valence-electron chi connectivity index (χ3n) is 6.48. The van der Waals surface area contributed by atoms with E-state index < -0.39 is 35.5 Å². The topological polar surface area (TPSA) is 134 Å². The first-order chi connectivity index (χ1) is 16.6. The smallest absolute Gasteiger partial charge is 0.332 e. The van der Waals surface area contributed by atoms with Crippen LogP contribution in [0, 0.1) is 5.92 Å². The van der Waals surface area contributed by atoms with Gasteiger partial charge in [-0.05, 0) is 30.4 Å². The molecule has 188 valence electrons. The quantitative estimate of drug-likeness (QED) is 0.424. The van der Waals surface area contributed by atoms with Gasteiger partial charge in [0.15, 0.2) is 6.61 Å². The van der Waals surface area contributed by atoms with Gasteiger partial charge in [-0.15, -0.1) is 0 Å². The summed E-state index contributed by atoms with van der Waals surface area (Å²) in [6.45, 7) is 5.64. The zero-order valence-electron chi connectivity index (χ0n) is 20.6. The molecular formula is C25H32N4O6. The summed E-state index contributed by atoms with van der Waals surface area (Å²) in [7, 11) is 1.26. The molecule has 1 aliphatic rings. The van der Waals surface area contributed by atoms with Crippen molar-refractivity contribution in [2.75, 3.05) is 23.8 Å². The first-order valence-corrected chi connectivity index (χ1v) is 11.8. The van der Waals surface area contributed by atoms with E-state index in [2.05, 4.69) is 13.8 Å². The van der Waals surface area contributed by atoms with Crippen molar-refractivity contribution in [3.8, 4) is 0 Å². The number of ketones is 1. The number of nitrogens with two attached hydrogens (primary N) is 1. The van der Waals surface area contributed by atoms with Crippen molar-refractivity contribution in [2.45, 2.75) is 52.5 Å². The van der Waals surface area contributed by atoms with Crippen LogP contribution in [-0.2, 0) is 27.9 Å². The molecule has 2 N–H and O–H groups in total. The number of hydrogen-bond donors (Lipinski definition) is 1. The van der Waals surface area contributed by atoms with Crippen LogP contribution in [0.15, 0.2) is 33.9 Å². The van der Waals surface area contributed by atoms with Gasteiger partial charge >= 0.3 is 11.7 Å². The highest BCUT2D eigenvalue weighted by Gasteiger charge is 2.37. The molecule has 1 aromatic heterocycles. The van der Waals surface area contributed by atoms with Crippen molar-refractivity contribution in [2.24, 2.45) is 13.0 Å². The van der Waals surface area contributed by atoms with E-state index in [1.54, 1.807) is 4.90 Å². The number of carbonyl (C=O) groups excluding carboxylic acids is 3. The van der Waals surface area contributed by atoms with Gasteiger partial charge in [-0.1, -0.05) is 39.0 Å². The summed E-state index contributed by atoms with van der Waals surface area (Å²) in [4.78, 5) is 64.6. The number of amides is 1. The Balaban J connectivity index is 1.74. The molecule has 10 heteroatoms. The van der Waals surface area contributed by atoms with E-state index in [1.807, 2.05) is 31.2 Å². The van der Waals surface area contributed by atoms with Gasteiger partial charge < -0.3 is 15.4 Å². The van der Waals surface area contributed by atoms with Gasteiger partial charge in [-0.25, -0.2) is 4.79 Å². The van der Waals surface area contributed by atoms with E-state index in [0.717, 1.165) is 26.8 Å². The van der Waals surface area contributed by atoms with Crippen LogP contribution in [0.2, 0.25) is 0 Å². The molecule has 10 nitrogen and oxygen atoms in total. The fourth-order valence-electron chi connectivity index (χ4n) is 4.28. The van der Waals surface area contributed by atoms with Gasteiger partial charge in [0.25, 0.3) is 5.56 Å². The Bertz CT molecular complexity index is 1260. The Morgan fingerprint density at radius 2 is 1.86 bits per heavy atom. The largest absolute Gasteiger partial charge is 0.457 e. The number of anilines is 2. The summed E-state index contributed by atoms with van der Waals surface area (Å²) < 4.78 is 7.16. The average Bonchev–Trinajstić information content (AvgIpc) is 3.24. The van der Waals surface area contributed by atoms with E-state index >= 15 is 0 Å². The van der Waals surface area contributed by atoms with Crippen LogP contribution >= 0.6 is 0 Å². The number of esters is 1. The molecule has 0 bridgehead atoms. The van der Waals surface area contributed by atoms with E-state index in [0.29, 0.717) is 6.42 Å². The predicted molar refractivity (Wildman–Crippen MR) is 132 cm³/mol. The molecule has 1 aliphatic heterocycles. The van der Waals surface area contributed by atoms with Crippen LogP contribution in [-0.4, -0.2) is 39.9 Å². The first kappa shape index (κ1) is 25.9. The first-order valence-electron chi connectivity index (χ1n) is 11.8. The Morgan fingerprint density at radius 1 is 1.17 bits per heavy atom. The zero-order chi connectivity index (χ0) is 25.9. The van der Waals surface area contributed by atoms with Gasteiger partial charge in [0.2, 0.25) is 11.7 Å². The minimum absolute atomic E-state index is 0.0346. The maximum Gasteiger partial charge on any atom is 0.332 e. The lowest BCUT2D eigenvalue weighted by Gasteiger charge is -2.23. The number of ether oxygens (including phenoxy) is 1. The molecule has 2 heterocycles. The molecular weight excluding hydrogens is 452 g/mol. The third kappa shape index (κ3) is 5.06. The van der Waals surface area contributed by atoms with Crippen LogP contribution in [0.5, 0.6) is 0 Å². The average molecular weight is 485 g/mol. The van der Waals surface area contributed by atoms with Crippen molar-refractivity contribution in [3.05, 3.63) is 56.2 Å². The number of Topliss-reactive ketones (excluding diaryl/α,β-unsaturated/α-hetero) is 1. The molecule has 0 aliphatic carbocycles. The number of carbonyl (C=O) groups is 3. The summed E-state index contributed by atoms with van der Waals surface area (Å²) in [5.41, 5.74) is 5.90. The number of nitrogens with zero attached hydrogens (tertiary/aromatic N) is 3. The van der Waals surface area contributed by atoms with Crippen LogP contribution in [0.1, 0.15) is 61.9 Å². The Labute approximate surface area is 203 Å². The van der Waals surface area contributed by atoms with E-state index in [9.17, 15) is 24.0 Å². The van der Waals surface area contributed by atoms with E-state index in [4.69, 9.17) is 10.5 Å². The van der Waals surface area contributed by atoms with Gasteiger partial charge in [-0.2, -0.15) is 0 Å². The van der Waals surface area contributed by atoms with Crippen LogP contribution in [0.3, 0.4) is 0 Å². The number of nitrogen functional groups attached to an aromatic ring is 1. The summed E-state index contributed by atoms with van der Waals surface area (Å²) in [5, 5.41) is 0. The summed E-state index contributed by atoms with van der Waals surface area (Å²) >= 11 is 0. The predicted octanol–water partition coefficient (Wildman–Crippen LogP) is 1.83. The van der Waals surface area contributed by atoms with E-state index in [1.165, 1.54) is 7.05 Å². The fraction of sp³-hybridized carbons (Fsp3) is 0.480. The Hall–Kier alpha value is -3.69. The van der Waals surface area contributed by atoms with Crippen LogP contribution < -0.4 is 21.9 Å². The number of rotatable bonds is 9. The highest BCUT2D eigenvalue weighted by molar-refractivity contribution is 6.02. The van der Waals surface area contributed by atoms with Gasteiger partial charge in [-0.3, -0.25) is 28.3 Å². The molecule has 1 fully saturated rings. The second-order valence-electron chi connectivity index (χ2n) is 8.86. The minimum Gasteiger partial charge on any atom is -0.457 e. The molecule has 2 aromatic rings. The number of para-hydroxylation sites is 1. The number of aromatic nitrogens is 2. The molecule has 0 saturated carbocycles. The lowest BCUT2D eigenvalue weighted by molar-refractivity contribution is -0.147. The molecule has 1 saturated heterocycles. The summed E-state index contributed by atoms with van der Waals surface area (Å²) in [5.74, 6) is -2.44. The van der Waals surface area contributed by atoms with Gasteiger partial charge in [0, 0.05) is 32.2 Å². The monoisotopic (exact) mass is 484 g/mol. The maximum absolute atomic E-state index is 12.8.